The quantitative estimate of drug-likeness (QED) is 0.617. The van der Waals surface area contributed by atoms with Crippen molar-refractivity contribution in [3.05, 3.63) is 24.3 Å². The van der Waals surface area contributed by atoms with Gasteiger partial charge in [0.2, 0.25) is 0 Å². The minimum absolute atomic E-state index is 0.339. The lowest BCUT2D eigenvalue weighted by Crippen LogP contribution is -2.33. The number of para-hydroxylation sites is 2. The van der Waals surface area contributed by atoms with Gasteiger partial charge in [0.1, 0.15) is 6.61 Å². The van der Waals surface area contributed by atoms with Gasteiger partial charge in [-0.1, -0.05) is 25.0 Å². The molecule has 2 atom stereocenters. The highest BCUT2D eigenvalue weighted by molar-refractivity contribution is 6.20. The Morgan fingerprint density at radius 3 is 2.70 bits per heavy atom. The van der Waals surface area contributed by atoms with Crippen LogP contribution in [-0.4, -0.2) is 32.2 Å². The minimum Gasteiger partial charge on any atom is -0.493 e. The third-order valence-corrected chi connectivity index (χ3v) is 4.40. The maximum Gasteiger partial charge on any atom is 0.161 e. The maximum absolute atomic E-state index is 6.34. The summed E-state index contributed by atoms with van der Waals surface area (Å²) in [4.78, 5) is 0. The Labute approximate surface area is 126 Å². The fourth-order valence-electron chi connectivity index (χ4n) is 2.65. The van der Waals surface area contributed by atoms with E-state index in [0.717, 1.165) is 31.0 Å². The van der Waals surface area contributed by atoms with Gasteiger partial charge in [-0.15, -0.1) is 11.6 Å². The number of alkyl halides is 1. The largest absolute Gasteiger partial charge is 0.493 e. The number of hydrogen-bond acceptors (Lipinski definition) is 3. The van der Waals surface area contributed by atoms with E-state index < -0.39 is 0 Å². The Hall–Kier alpha value is -0.930. The maximum atomic E-state index is 6.34. The van der Waals surface area contributed by atoms with E-state index in [1.807, 2.05) is 24.3 Å². The van der Waals surface area contributed by atoms with Gasteiger partial charge in [-0.3, -0.25) is 0 Å². The van der Waals surface area contributed by atoms with Crippen LogP contribution in [0.1, 0.15) is 25.7 Å². The first-order valence-corrected chi connectivity index (χ1v) is 7.85. The number of nitrogens with one attached hydrogen (secondary N) is 1. The summed E-state index contributed by atoms with van der Waals surface area (Å²) in [6.07, 6.45) is 5.00. The van der Waals surface area contributed by atoms with Crippen LogP contribution in [-0.2, 0) is 0 Å². The molecule has 3 nitrogen and oxygen atoms in total. The van der Waals surface area contributed by atoms with Crippen LogP contribution in [0.3, 0.4) is 0 Å². The van der Waals surface area contributed by atoms with Gasteiger partial charge in [-0.2, -0.15) is 0 Å². The molecule has 1 aromatic rings. The predicted molar refractivity (Wildman–Crippen MR) is 83.0 cm³/mol. The van der Waals surface area contributed by atoms with Gasteiger partial charge in [0.05, 0.1) is 7.11 Å². The first-order valence-electron chi connectivity index (χ1n) is 7.42. The molecule has 0 amide bonds. The lowest BCUT2D eigenvalue weighted by molar-refractivity contribution is 0.282. The minimum atomic E-state index is 0.339. The van der Waals surface area contributed by atoms with Crippen LogP contribution >= 0.6 is 11.6 Å². The molecule has 0 aliphatic heterocycles. The molecule has 2 unspecified atom stereocenters. The summed E-state index contributed by atoms with van der Waals surface area (Å²) < 4.78 is 11.0. The molecule has 0 spiro atoms. The first-order chi connectivity index (χ1) is 9.81. The second-order valence-corrected chi connectivity index (χ2v) is 5.82. The van der Waals surface area contributed by atoms with Gasteiger partial charge in [-0.05, 0) is 37.4 Å². The van der Waals surface area contributed by atoms with Crippen molar-refractivity contribution in [3.8, 4) is 11.5 Å². The molecular formula is C16H24ClNO2. The van der Waals surface area contributed by atoms with Gasteiger partial charge in [0.25, 0.3) is 0 Å². The van der Waals surface area contributed by atoms with Crippen molar-refractivity contribution in [1.82, 2.24) is 5.32 Å². The molecule has 0 saturated heterocycles. The van der Waals surface area contributed by atoms with E-state index in [1.54, 1.807) is 7.11 Å². The smallest absolute Gasteiger partial charge is 0.161 e. The van der Waals surface area contributed by atoms with Crippen LogP contribution in [0, 0.1) is 5.92 Å². The van der Waals surface area contributed by atoms with Crippen molar-refractivity contribution in [1.29, 1.82) is 0 Å². The lowest BCUT2D eigenvalue weighted by Gasteiger charge is -2.27. The molecule has 1 aromatic carbocycles. The van der Waals surface area contributed by atoms with E-state index in [1.165, 1.54) is 19.3 Å². The molecule has 0 radical (unpaired) electrons. The molecule has 112 valence electrons. The normalized spacial score (nSPS) is 22.5. The van der Waals surface area contributed by atoms with Crippen molar-refractivity contribution in [2.24, 2.45) is 5.92 Å². The lowest BCUT2D eigenvalue weighted by atomic mass is 9.89. The number of rotatable bonds is 7. The van der Waals surface area contributed by atoms with Gasteiger partial charge >= 0.3 is 0 Å². The highest BCUT2D eigenvalue weighted by Crippen LogP contribution is 2.28. The van der Waals surface area contributed by atoms with Gasteiger partial charge in [0, 0.05) is 11.9 Å². The van der Waals surface area contributed by atoms with E-state index in [0.29, 0.717) is 17.9 Å². The Morgan fingerprint density at radius 1 is 1.20 bits per heavy atom. The Kier molecular flexibility index (Phi) is 6.48. The molecule has 0 heterocycles. The molecule has 2 rings (SSSR count). The highest BCUT2D eigenvalue weighted by Gasteiger charge is 2.22. The van der Waals surface area contributed by atoms with E-state index in [2.05, 4.69) is 5.32 Å². The Balaban J connectivity index is 1.64. The average Bonchev–Trinajstić information content (AvgIpc) is 2.49. The van der Waals surface area contributed by atoms with E-state index in [4.69, 9.17) is 21.1 Å². The molecule has 20 heavy (non-hydrogen) atoms. The summed E-state index contributed by atoms with van der Waals surface area (Å²) in [7, 11) is 1.66. The number of ether oxygens (including phenoxy) is 2. The van der Waals surface area contributed by atoms with Crippen LogP contribution in [0.25, 0.3) is 0 Å². The first kappa shape index (κ1) is 15.5. The summed E-state index contributed by atoms with van der Waals surface area (Å²) in [5, 5.41) is 3.78. The topological polar surface area (TPSA) is 30.5 Å². The number of benzene rings is 1. The zero-order chi connectivity index (χ0) is 14.2. The molecule has 4 heteroatoms. The molecule has 0 bridgehead atoms. The number of hydrogen-bond donors (Lipinski definition) is 1. The highest BCUT2D eigenvalue weighted by atomic mass is 35.5. The molecule has 0 aromatic heterocycles. The van der Waals surface area contributed by atoms with E-state index >= 15 is 0 Å². The Morgan fingerprint density at radius 2 is 1.95 bits per heavy atom. The average molecular weight is 298 g/mol. The summed E-state index contributed by atoms with van der Waals surface area (Å²) in [6, 6.07) is 7.72. The van der Waals surface area contributed by atoms with Gasteiger partial charge in [-0.25, -0.2) is 0 Å². The van der Waals surface area contributed by atoms with Crippen LogP contribution in [0.2, 0.25) is 0 Å². The molecule has 1 N–H and O–H groups in total. The fraction of sp³-hybridized carbons (Fsp3) is 0.625. The summed E-state index contributed by atoms with van der Waals surface area (Å²) in [5.74, 6) is 2.18. The van der Waals surface area contributed by atoms with Gasteiger partial charge < -0.3 is 14.8 Å². The van der Waals surface area contributed by atoms with Gasteiger partial charge in [0.15, 0.2) is 11.5 Å². The van der Waals surface area contributed by atoms with Crippen molar-refractivity contribution in [2.45, 2.75) is 31.1 Å². The summed E-state index contributed by atoms with van der Waals surface area (Å²) >= 11 is 6.34. The molecule has 1 aliphatic carbocycles. The second-order valence-electron chi connectivity index (χ2n) is 5.26. The van der Waals surface area contributed by atoms with Crippen molar-refractivity contribution in [3.63, 3.8) is 0 Å². The van der Waals surface area contributed by atoms with Crippen molar-refractivity contribution < 1.29 is 9.47 Å². The third kappa shape index (κ3) is 4.57. The third-order valence-electron chi connectivity index (χ3n) is 3.83. The van der Waals surface area contributed by atoms with E-state index in [-0.39, 0.29) is 0 Å². The van der Waals surface area contributed by atoms with Crippen molar-refractivity contribution in [2.75, 3.05) is 26.8 Å². The molecular weight excluding hydrogens is 274 g/mol. The van der Waals surface area contributed by atoms with Crippen LogP contribution in [0.5, 0.6) is 11.5 Å². The zero-order valence-electron chi connectivity index (χ0n) is 12.1. The van der Waals surface area contributed by atoms with Crippen LogP contribution < -0.4 is 14.8 Å². The van der Waals surface area contributed by atoms with Crippen LogP contribution in [0.4, 0.5) is 0 Å². The predicted octanol–water partition coefficient (Wildman–Crippen LogP) is 3.46. The van der Waals surface area contributed by atoms with E-state index in [9.17, 15) is 0 Å². The Bertz CT molecular complexity index is 400. The molecule has 1 aliphatic rings. The SMILES string of the molecule is COc1ccccc1OCCNCC1CCCCC1Cl. The zero-order valence-corrected chi connectivity index (χ0v) is 12.9. The fourth-order valence-corrected chi connectivity index (χ4v) is 3.02. The summed E-state index contributed by atoms with van der Waals surface area (Å²) in [5.41, 5.74) is 0. The number of methoxy groups -OCH3 is 1. The standard InChI is InChI=1S/C16H24ClNO2/c1-19-15-8-4-5-9-16(15)20-11-10-18-12-13-6-2-3-7-14(13)17/h4-5,8-9,13-14,18H,2-3,6-7,10-12H2,1H3. The monoisotopic (exact) mass is 297 g/mol. The molecule has 1 fully saturated rings. The second kappa shape index (κ2) is 8.38. The van der Waals surface area contributed by atoms with Crippen LogP contribution in [0.15, 0.2) is 24.3 Å². The number of halogens is 1. The summed E-state index contributed by atoms with van der Waals surface area (Å²) in [6.45, 7) is 2.46. The molecule has 1 saturated carbocycles. The van der Waals surface area contributed by atoms with Crippen molar-refractivity contribution >= 4 is 11.6 Å².